The molecule has 0 aliphatic carbocycles. The lowest BCUT2D eigenvalue weighted by molar-refractivity contribution is -0.234. The number of rotatable bonds is 4. The SMILES string of the molecule is CC(=O)O.CC(=O)O.CC(=O)O.CC(=O)OC[C@H]1O[C@@H](c2ccc(Cl)c(-c3ccc(O)cc3)c2)[C@@H](O)[C@@H](O)[C@H]1O. The molecule has 2 aromatic carbocycles. The third-order valence-corrected chi connectivity index (χ3v) is 4.99. The molecule has 0 spiro atoms. The molecule has 0 bridgehead atoms. The van der Waals surface area contributed by atoms with E-state index in [1.165, 1.54) is 19.1 Å². The maximum atomic E-state index is 11.0. The second-order valence-electron chi connectivity index (χ2n) is 8.21. The number of benzene rings is 2. The van der Waals surface area contributed by atoms with Crippen molar-refractivity contribution >= 4 is 35.5 Å². The quantitative estimate of drug-likeness (QED) is 0.254. The molecule has 7 N–H and O–H groups in total. The molecule has 1 aliphatic rings. The van der Waals surface area contributed by atoms with Gasteiger partial charge in [0.15, 0.2) is 0 Å². The zero-order valence-electron chi connectivity index (χ0n) is 22.1. The third-order valence-electron chi connectivity index (χ3n) is 4.66. The van der Waals surface area contributed by atoms with Crippen molar-refractivity contribution in [2.75, 3.05) is 6.61 Å². The Hall–Kier alpha value is -3.75. The minimum absolute atomic E-state index is 0.118. The van der Waals surface area contributed by atoms with Gasteiger partial charge in [0.25, 0.3) is 17.9 Å². The van der Waals surface area contributed by atoms with Crippen molar-refractivity contribution < 1.29 is 64.4 Å². The van der Waals surface area contributed by atoms with E-state index >= 15 is 0 Å². The van der Waals surface area contributed by atoms with E-state index in [0.717, 1.165) is 26.3 Å². The van der Waals surface area contributed by atoms with Crippen LogP contribution in [0, 0.1) is 0 Å². The van der Waals surface area contributed by atoms with E-state index in [-0.39, 0.29) is 12.4 Å². The number of carboxylic acid groups (broad SMARTS) is 3. The third kappa shape index (κ3) is 13.9. The standard InChI is InChI=1S/C20H21ClO7.3C2H4O2/c1-10(22)27-9-16-17(24)18(25)19(26)20(28-16)12-4-7-15(21)14(8-12)11-2-5-13(23)6-3-11;3*1-2(3)4/h2-8,16-20,23-26H,9H2,1H3;3*1H3,(H,3,4)/t16-,17+,18+,19+,20+;;;/m1.../s1. The van der Waals surface area contributed by atoms with Crippen molar-refractivity contribution in [3.63, 3.8) is 0 Å². The second-order valence-corrected chi connectivity index (χ2v) is 8.62. The minimum Gasteiger partial charge on any atom is -0.508 e. The normalized spacial score (nSPS) is 21.1. The smallest absolute Gasteiger partial charge is 0.302 e. The van der Waals surface area contributed by atoms with Gasteiger partial charge in [-0.05, 0) is 35.4 Å². The number of halogens is 1. The lowest BCUT2D eigenvalue weighted by Gasteiger charge is -2.40. The summed E-state index contributed by atoms with van der Waals surface area (Å²) >= 11 is 6.30. The van der Waals surface area contributed by atoms with Crippen molar-refractivity contribution in [1.82, 2.24) is 0 Å². The number of carbonyl (C=O) groups is 4. The van der Waals surface area contributed by atoms with Gasteiger partial charge in [-0.3, -0.25) is 19.2 Å². The molecule has 1 fully saturated rings. The van der Waals surface area contributed by atoms with Crippen LogP contribution in [0.5, 0.6) is 5.75 Å². The van der Waals surface area contributed by atoms with Crippen LogP contribution in [0.3, 0.4) is 0 Å². The molecule has 0 aromatic heterocycles. The van der Waals surface area contributed by atoms with Gasteiger partial charge in [0.1, 0.15) is 42.9 Å². The first-order valence-corrected chi connectivity index (χ1v) is 11.9. The first-order chi connectivity index (χ1) is 18.5. The topological polar surface area (TPSA) is 228 Å². The number of carbonyl (C=O) groups excluding carboxylic acids is 1. The van der Waals surface area contributed by atoms with Gasteiger partial charge in [-0.25, -0.2) is 0 Å². The van der Waals surface area contributed by atoms with Crippen LogP contribution in [0.15, 0.2) is 42.5 Å². The molecule has 0 radical (unpaired) electrons. The van der Waals surface area contributed by atoms with Crippen molar-refractivity contribution in [3.8, 4) is 16.9 Å². The van der Waals surface area contributed by atoms with E-state index in [0.29, 0.717) is 16.1 Å². The van der Waals surface area contributed by atoms with Crippen LogP contribution in [0.4, 0.5) is 0 Å². The van der Waals surface area contributed by atoms with E-state index in [9.17, 15) is 25.2 Å². The summed E-state index contributed by atoms with van der Waals surface area (Å²) in [6.45, 7) is 4.22. The van der Waals surface area contributed by atoms with Crippen LogP contribution in [-0.4, -0.2) is 90.6 Å². The number of aliphatic carboxylic acids is 3. The number of ether oxygens (including phenoxy) is 2. The minimum atomic E-state index is -1.48. The van der Waals surface area contributed by atoms with Gasteiger partial charge >= 0.3 is 5.97 Å². The molecule has 3 rings (SSSR count). The van der Waals surface area contributed by atoms with Gasteiger partial charge in [0, 0.05) is 38.3 Å². The highest BCUT2D eigenvalue weighted by molar-refractivity contribution is 6.33. The monoisotopic (exact) mass is 588 g/mol. The average Bonchev–Trinajstić information content (AvgIpc) is 2.82. The summed E-state index contributed by atoms with van der Waals surface area (Å²) in [6.07, 6.45) is -6.24. The number of aliphatic hydroxyl groups excluding tert-OH is 3. The molecule has 1 saturated heterocycles. The van der Waals surface area contributed by atoms with Crippen molar-refractivity contribution in [3.05, 3.63) is 53.1 Å². The highest BCUT2D eigenvalue weighted by Gasteiger charge is 2.44. The molecule has 5 atom stereocenters. The largest absolute Gasteiger partial charge is 0.508 e. The van der Waals surface area contributed by atoms with Crippen LogP contribution >= 0.6 is 11.6 Å². The molecular weight excluding hydrogens is 556 g/mol. The van der Waals surface area contributed by atoms with E-state index < -0.39 is 54.4 Å². The number of aliphatic hydroxyl groups is 3. The zero-order chi connectivity index (χ0) is 31.2. The van der Waals surface area contributed by atoms with Crippen LogP contribution < -0.4 is 0 Å². The Labute approximate surface area is 234 Å². The number of hydrogen-bond donors (Lipinski definition) is 7. The van der Waals surface area contributed by atoms with Crippen molar-refractivity contribution in [1.29, 1.82) is 0 Å². The molecule has 0 saturated carbocycles. The summed E-state index contributed by atoms with van der Waals surface area (Å²) < 4.78 is 10.6. The summed E-state index contributed by atoms with van der Waals surface area (Å²) in [5, 5.41) is 62.9. The van der Waals surface area contributed by atoms with Gasteiger partial charge in [-0.2, -0.15) is 0 Å². The summed E-state index contributed by atoms with van der Waals surface area (Å²) in [4.78, 5) is 38.0. The van der Waals surface area contributed by atoms with Gasteiger partial charge in [0.2, 0.25) is 0 Å². The van der Waals surface area contributed by atoms with Gasteiger partial charge in [-0.15, -0.1) is 0 Å². The number of aromatic hydroxyl groups is 1. The summed E-state index contributed by atoms with van der Waals surface area (Å²) in [7, 11) is 0. The lowest BCUT2D eigenvalue weighted by atomic mass is 9.90. The summed E-state index contributed by atoms with van der Waals surface area (Å²) in [5.41, 5.74) is 1.91. The Bertz CT molecular complexity index is 1080. The molecule has 14 heteroatoms. The Morgan fingerprint density at radius 3 is 1.73 bits per heavy atom. The lowest BCUT2D eigenvalue weighted by Crippen LogP contribution is -2.55. The molecule has 40 heavy (non-hydrogen) atoms. The summed E-state index contributed by atoms with van der Waals surface area (Å²) in [6, 6.07) is 11.4. The predicted octanol–water partition coefficient (Wildman–Crippen LogP) is 2.07. The molecular formula is C26H33ClO13. The Morgan fingerprint density at radius 1 is 0.800 bits per heavy atom. The first-order valence-electron chi connectivity index (χ1n) is 11.5. The molecule has 2 aromatic rings. The molecule has 1 aliphatic heterocycles. The molecule has 0 unspecified atom stereocenters. The zero-order valence-corrected chi connectivity index (χ0v) is 22.8. The molecule has 0 amide bonds. The maximum Gasteiger partial charge on any atom is 0.302 e. The van der Waals surface area contributed by atoms with Crippen LogP contribution in [-0.2, 0) is 28.7 Å². The fourth-order valence-electron chi connectivity index (χ4n) is 3.15. The number of carboxylic acids is 3. The van der Waals surface area contributed by atoms with Crippen molar-refractivity contribution in [2.24, 2.45) is 0 Å². The second kappa shape index (κ2) is 17.8. The number of hydrogen-bond acceptors (Lipinski definition) is 10. The van der Waals surface area contributed by atoms with Crippen LogP contribution in [0.2, 0.25) is 5.02 Å². The van der Waals surface area contributed by atoms with Gasteiger partial charge < -0.3 is 45.2 Å². The predicted molar refractivity (Wildman–Crippen MR) is 141 cm³/mol. The Morgan fingerprint density at radius 2 is 1.27 bits per heavy atom. The maximum absolute atomic E-state index is 11.0. The van der Waals surface area contributed by atoms with E-state index in [1.807, 2.05) is 0 Å². The fraction of sp³-hybridized carbons (Fsp3) is 0.385. The molecule has 13 nitrogen and oxygen atoms in total. The first kappa shape index (κ1) is 36.2. The Kier molecular flexibility index (Phi) is 16.1. The van der Waals surface area contributed by atoms with Crippen LogP contribution in [0.25, 0.3) is 11.1 Å². The number of phenols is 1. The highest BCUT2D eigenvalue weighted by atomic mass is 35.5. The van der Waals surface area contributed by atoms with Crippen LogP contribution in [0.1, 0.15) is 39.4 Å². The number of phenolic OH excluding ortho intramolecular Hbond substituents is 1. The van der Waals surface area contributed by atoms with E-state index in [1.54, 1.807) is 30.3 Å². The fourth-order valence-corrected chi connectivity index (χ4v) is 3.37. The van der Waals surface area contributed by atoms with Gasteiger partial charge in [0.05, 0.1) is 0 Å². The Balaban J connectivity index is 0.00000107. The molecule has 222 valence electrons. The average molecular weight is 589 g/mol. The molecule has 1 heterocycles. The van der Waals surface area contributed by atoms with Crippen molar-refractivity contribution in [2.45, 2.75) is 58.2 Å². The van der Waals surface area contributed by atoms with E-state index in [4.69, 9.17) is 50.8 Å². The summed E-state index contributed by atoms with van der Waals surface area (Å²) in [5.74, 6) is -2.93. The van der Waals surface area contributed by atoms with Gasteiger partial charge in [-0.1, -0.05) is 29.8 Å². The van der Waals surface area contributed by atoms with E-state index in [2.05, 4.69) is 0 Å². The highest BCUT2D eigenvalue weighted by Crippen LogP contribution is 2.37. The number of esters is 1.